The molecule has 5 heterocycles. The minimum atomic E-state index is -0.0308. The standard InChI is InChI=1S/C22H21N3O2/c23-10-12-1-2-16-15(7-12)22-4-5-24-11-13-3-6-27-17-9-19(26)25(16)21(22)20(17)14(13)8-18(22)24/h1-3,7,14,17-18,20-21H,4-6,8-9,11H2/t14-,17-,18-,20-,21-,22+/m0/s1. The average molecular weight is 359 g/mol. The van der Waals surface area contributed by atoms with Gasteiger partial charge >= 0.3 is 0 Å². The SMILES string of the molecule is N#Cc1ccc2c(c1)[C@@]13CCN4CC5=CCO[C@H]6CC(=O)N2[C@H]1[C@H]6[C@H]5C[C@H]43. The predicted molar refractivity (Wildman–Crippen MR) is 98.1 cm³/mol. The highest BCUT2D eigenvalue weighted by atomic mass is 16.5. The van der Waals surface area contributed by atoms with Crippen molar-refractivity contribution < 1.29 is 9.53 Å². The topological polar surface area (TPSA) is 56.6 Å². The van der Waals surface area contributed by atoms with Gasteiger partial charge in [-0.05, 0) is 49.1 Å². The lowest BCUT2D eigenvalue weighted by Crippen LogP contribution is -2.69. The van der Waals surface area contributed by atoms with Crippen molar-refractivity contribution in [2.75, 3.05) is 24.6 Å². The molecule has 6 aliphatic rings. The third-order valence-corrected chi connectivity index (χ3v) is 8.44. The van der Waals surface area contributed by atoms with Crippen LogP contribution in [0, 0.1) is 23.2 Å². The molecule has 1 aromatic carbocycles. The van der Waals surface area contributed by atoms with Gasteiger partial charge in [0.2, 0.25) is 5.91 Å². The van der Waals surface area contributed by atoms with Crippen molar-refractivity contribution in [3.63, 3.8) is 0 Å². The molecule has 1 aromatic rings. The lowest BCUT2D eigenvalue weighted by molar-refractivity contribution is -0.132. The van der Waals surface area contributed by atoms with Crippen molar-refractivity contribution in [2.45, 2.75) is 42.9 Å². The molecule has 1 saturated carbocycles. The molecule has 5 aliphatic heterocycles. The van der Waals surface area contributed by atoms with E-state index < -0.39 is 0 Å². The molecule has 5 nitrogen and oxygen atoms in total. The maximum absolute atomic E-state index is 13.3. The van der Waals surface area contributed by atoms with Gasteiger partial charge in [-0.15, -0.1) is 0 Å². The van der Waals surface area contributed by atoms with E-state index in [0.29, 0.717) is 36.5 Å². The second-order valence-corrected chi connectivity index (χ2v) is 9.10. The number of benzene rings is 1. The number of carbonyl (C=O) groups excluding carboxylic acids is 1. The Morgan fingerprint density at radius 1 is 1.33 bits per heavy atom. The van der Waals surface area contributed by atoms with Crippen molar-refractivity contribution >= 4 is 11.6 Å². The number of fused-ring (bicyclic) bond motifs is 2. The fraction of sp³-hybridized carbons (Fsp3) is 0.545. The van der Waals surface area contributed by atoms with Crippen molar-refractivity contribution in [3.05, 3.63) is 41.0 Å². The molecule has 0 N–H and O–H groups in total. The van der Waals surface area contributed by atoms with Crippen LogP contribution in [0.4, 0.5) is 5.69 Å². The van der Waals surface area contributed by atoms with Crippen LogP contribution in [0.5, 0.6) is 0 Å². The Morgan fingerprint density at radius 3 is 3.15 bits per heavy atom. The van der Waals surface area contributed by atoms with E-state index in [1.807, 2.05) is 12.1 Å². The Bertz CT molecular complexity index is 978. The van der Waals surface area contributed by atoms with Gasteiger partial charge < -0.3 is 9.64 Å². The number of anilines is 1. The minimum Gasteiger partial charge on any atom is -0.373 e. The van der Waals surface area contributed by atoms with E-state index in [1.54, 1.807) is 0 Å². The van der Waals surface area contributed by atoms with Gasteiger partial charge in [0.1, 0.15) is 0 Å². The van der Waals surface area contributed by atoms with Crippen LogP contribution < -0.4 is 4.90 Å². The highest BCUT2D eigenvalue weighted by Gasteiger charge is 2.71. The number of piperidine rings is 2. The second kappa shape index (κ2) is 4.63. The van der Waals surface area contributed by atoms with Gasteiger partial charge in [-0.2, -0.15) is 5.26 Å². The first-order valence-corrected chi connectivity index (χ1v) is 10.1. The van der Waals surface area contributed by atoms with Crippen LogP contribution in [-0.2, 0) is 14.9 Å². The Hall–Kier alpha value is -2.16. The zero-order valence-corrected chi connectivity index (χ0v) is 15.1. The van der Waals surface area contributed by atoms with E-state index in [9.17, 15) is 10.1 Å². The molecule has 0 unspecified atom stereocenters. The number of nitriles is 1. The predicted octanol–water partition coefficient (Wildman–Crippen LogP) is 1.96. The highest BCUT2D eigenvalue weighted by Crippen LogP contribution is 2.65. The first kappa shape index (κ1) is 14.8. The molecule has 27 heavy (non-hydrogen) atoms. The van der Waals surface area contributed by atoms with Gasteiger partial charge in [0.15, 0.2) is 0 Å². The molecule has 5 heteroatoms. The van der Waals surface area contributed by atoms with Crippen molar-refractivity contribution in [3.8, 4) is 6.07 Å². The number of nitrogens with zero attached hydrogens (tertiary/aromatic N) is 3. The summed E-state index contributed by atoms with van der Waals surface area (Å²) in [4.78, 5) is 18.0. The lowest BCUT2D eigenvalue weighted by Gasteiger charge is -2.58. The summed E-state index contributed by atoms with van der Waals surface area (Å²) in [6.07, 6.45) is 5.08. The molecule has 1 aliphatic carbocycles. The van der Waals surface area contributed by atoms with Crippen LogP contribution in [0.3, 0.4) is 0 Å². The first-order valence-electron chi connectivity index (χ1n) is 10.1. The number of carbonyl (C=O) groups is 1. The molecule has 3 saturated heterocycles. The average Bonchev–Trinajstić information content (AvgIpc) is 3.15. The molecule has 4 fully saturated rings. The van der Waals surface area contributed by atoms with Gasteiger partial charge in [0.25, 0.3) is 0 Å². The third-order valence-electron chi connectivity index (χ3n) is 8.44. The molecular weight excluding hydrogens is 338 g/mol. The summed E-state index contributed by atoms with van der Waals surface area (Å²) in [7, 11) is 0. The van der Waals surface area contributed by atoms with Crippen LogP contribution in [-0.4, -0.2) is 48.7 Å². The van der Waals surface area contributed by atoms with Gasteiger partial charge in [-0.3, -0.25) is 9.69 Å². The molecule has 0 aromatic heterocycles. The monoisotopic (exact) mass is 359 g/mol. The van der Waals surface area contributed by atoms with E-state index in [1.165, 1.54) is 17.6 Å². The van der Waals surface area contributed by atoms with Crippen molar-refractivity contribution in [1.82, 2.24) is 4.90 Å². The Morgan fingerprint density at radius 2 is 2.26 bits per heavy atom. The highest BCUT2D eigenvalue weighted by molar-refractivity contribution is 5.99. The normalized spacial score (nSPS) is 43.1. The van der Waals surface area contributed by atoms with Crippen LogP contribution in [0.2, 0.25) is 0 Å². The summed E-state index contributed by atoms with van der Waals surface area (Å²) >= 11 is 0. The minimum absolute atomic E-state index is 0.0308. The van der Waals surface area contributed by atoms with Crippen molar-refractivity contribution in [2.24, 2.45) is 11.8 Å². The van der Waals surface area contributed by atoms with Gasteiger partial charge in [0.05, 0.1) is 36.8 Å². The summed E-state index contributed by atoms with van der Waals surface area (Å²) < 4.78 is 6.24. The second-order valence-electron chi connectivity index (χ2n) is 9.10. The molecule has 0 radical (unpaired) electrons. The van der Waals surface area contributed by atoms with Gasteiger partial charge in [0, 0.05) is 29.6 Å². The van der Waals surface area contributed by atoms with E-state index in [4.69, 9.17) is 4.74 Å². The summed E-state index contributed by atoms with van der Waals surface area (Å²) in [5.74, 6) is 1.12. The number of hydrogen-bond acceptors (Lipinski definition) is 4. The van der Waals surface area contributed by atoms with E-state index in [0.717, 1.165) is 25.2 Å². The Labute approximate surface area is 158 Å². The van der Waals surface area contributed by atoms with Crippen LogP contribution in [0.15, 0.2) is 29.8 Å². The maximum atomic E-state index is 13.3. The quantitative estimate of drug-likeness (QED) is 0.665. The molecule has 2 bridgehead atoms. The molecule has 1 amide bonds. The van der Waals surface area contributed by atoms with Crippen LogP contribution in [0.1, 0.15) is 30.4 Å². The summed E-state index contributed by atoms with van der Waals surface area (Å²) in [6.45, 7) is 2.78. The molecule has 1 spiro atoms. The smallest absolute Gasteiger partial charge is 0.229 e. The van der Waals surface area contributed by atoms with Crippen LogP contribution in [0.25, 0.3) is 0 Å². The van der Waals surface area contributed by atoms with Crippen LogP contribution >= 0.6 is 0 Å². The van der Waals surface area contributed by atoms with Crippen molar-refractivity contribution in [1.29, 1.82) is 5.26 Å². The third kappa shape index (κ3) is 1.51. The Kier molecular flexibility index (Phi) is 2.54. The van der Waals surface area contributed by atoms with E-state index in [2.05, 4.69) is 28.0 Å². The first-order chi connectivity index (χ1) is 13.2. The van der Waals surface area contributed by atoms with Gasteiger partial charge in [-0.1, -0.05) is 11.6 Å². The molecule has 7 rings (SSSR count). The summed E-state index contributed by atoms with van der Waals surface area (Å²) in [5, 5.41) is 9.50. The fourth-order valence-electron chi connectivity index (χ4n) is 7.62. The van der Waals surface area contributed by atoms with E-state index >= 15 is 0 Å². The zero-order valence-electron chi connectivity index (χ0n) is 15.1. The summed E-state index contributed by atoms with van der Waals surface area (Å²) in [5.41, 5.74) is 4.53. The number of ether oxygens (including phenoxy) is 1. The largest absolute Gasteiger partial charge is 0.373 e. The Balaban J connectivity index is 1.54. The van der Waals surface area contributed by atoms with Gasteiger partial charge in [-0.25, -0.2) is 0 Å². The molecular formula is C22H21N3O2. The summed E-state index contributed by atoms with van der Waals surface area (Å²) in [6, 6.07) is 8.97. The lowest BCUT2D eigenvalue weighted by atomic mass is 9.53. The molecule has 136 valence electrons. The maximum Gasteiger partial charge on any atom is 0.229 e. The number of hydrogen-bond donors (Lipinski definition) is 0. The number of amides is 1. The van der Waals surface area contributed by atoms with E-state index in [-0.39, 0.29) is 23.5 Å². The fourth-order valence-corrected chi connectivity index (χ4v) is 7.62. The number of rotatable bonds is 0. The zero-order chi connectivity index (χ0) is 17.9. The molecule has 6 atom stereocenters.